The van der Waals surface area contributed by atoms with Crippen LogP contribution in [0, 0.1) is 0 Å². The molecule has 2 aliphatic carbocycles. The van der Waals surface area contributed by atoms with E-state index in [2.05, 4.69) is 18.0 Å². The lowest BCUT2D eigenvalue weighted by molar-refractivity contribution is -0.190. The molecule has 5 rings (SSSR count). The summed E-state index contributed by atoms with van der Waals surface area (Å²) in [6, 6.07) is 4.31. The zero-order valence-corrected chi connectivity index (χ0v) is 17.2. The molecule has 28 heavy (non-hydrogen) atoms. The summed E-state index contributed by atoms with van der Waals surface area (Å²) >= 11 is 0. The van der Waals surface area contributed by atoms with E-state index in [1.807, 2.05) is 31.3 Å². The third-order valence-electron chi connectivity index (χ3n) is 7.44. The maximum absolute atomic E-state index is 13.6. The lowest BCUT2D eigenvalue weighted by atomic mass is 9.48. The normalized spacial score (nSPS) is 36.9. The third-order valence-corrected chi connectivity index (χ3v) is 7.44. The van der Waals surface area contributed by atoms with E-state index in [0.717, 1.165) is 36.3 Å². The first-order chi connectivity index (χ1) is 13.4. The van der Waals surface area contributed by atoms with Crippen LogP contribution in [0.1, 0.15) is 24.0 Å². The van der Waals surface area contributed by atoms with Crippen LogP contribution in [0.4, 0.5) is 0 Å². The predicted octanol–water partition coefficient (Wildman–Crippen LogP) is 1.76. The highest BCUT2D eigenvalue weighted by atomic mass is 16.5. The Bertz CT molecular complexity index is 895. The number of benzene rings is 1. The van der Waals surface area contributed by atoms with Crippen molar-refractivity contribution in [3.05, 3.63) is 35.0 Å². The van der Waals surface area contributed by atoms with Gasteiger partial charge in [0.05, 0.1) is 12.5 Å². The Morgan fingerprint density at radius 3 is 2.79 bits per heavy atom. The summed E-state index contributed by atoms with van der Waals surface area (Å²) in [5.41, 5.74) is 2.24. The van der Waals surface area contributed by atoms with Gasteiger partial charge in [-0.05, 0) is 38.1 Å². The number of ether oxygens (including phenoxy) is 3. The Morgan fingerprint density at radius 1 is 1.32 bits per heavy atom. The van der Waals surface area contributed by atoms with Crippen molar-refractivity contribution in [2.24, 2.45) is 0 Å². The van der Waals surface area contributed by atoms with Crippen LogP contribution >= 0.6 is 0 Å². The summed E-state index contributed by atoms with van der Waals surface area (Å²) in [6.45, 7) is 0.922. The number of rotatable bonds is 3. The Kier molecular flexibility index (Phi) is 3.69. The second kappa shape index (κ2) is 5.74. The highest BCUT2D eigenvalue weighted by Crippen LogP contribution is 2.66. The van der Waals surface area contributed by atoms with E-state index < -0.39 is 17.1 Å². The molecule has 0 aromatic heterocycles. The number of methoxy groups -OCH3 is 2. The number of carbonyl (C=O) groups excluding carboxylic acids is 1. The van der Waals surface area contributed by atoms with Gasteiger partial charge in [-0.25, -0.2) is 0 Å². The Balaban J connectivity index is 1.83. The summed E-state index contributed by atoms with van der Waals surface area (Å²) in [6.07, 6.45) is 3.70. The van der Waals surface area contributed by atoms with Crippen molar-refractivity contribution in [2.45, 2.75) is 42.4 Å². The molecular weight excluding hydrogens is 356 g/mol. The molecule has 6 nitrogen and oxygen atoms in total. The van der Waals surface area contributed by atoms with Gasteiger partial charge < -0.3 is 24.0 Å². The molecule has 1 saturated heterocycles. The van der Waals surface area contributed by atoms with Crippen LogP contribution in [0.25, 0.3) is 0 Å². The highest BCUT2D eigenvalue weighted by Gasteiger charge is 2.74. The van der Waals surface area contributed by atoms with Crippen molar-refractivity contribution >= 4 is 5.78 Å². The fourth-order valence-electron chi connectivity index (χ4n) is 6.39. The molecule has 1 aromatic rings. The second-order valence-electron chi connectivity index (χ2n) is 8.80. The van der Waals surface area contributed by atoms with Crippen LogP contribution in [0.3, 0.4) is 0 Å². The molecule has 0 N–H and O–H groups in total. The quantitative estimate of drug-likeness (QED) is 0.741. The van der Waals surface area contributed by atoms with Gasteiger partial charge in [0.2, 0.25) is 5.78 Å². The van der Waals surface area contributed by atoms with Crippen LogP contribution in [-0.4, -0.2) is 75.2 Å². The smallest absolute Gasteiger partial charge is 0.201 e. The van der Waals surface area contributed by atoms with Gasteiger partial charge in [-0.2, -0.15) is 0 Å². The minimum atomic E-state index is -0.561. The Morgan fingerprint density at radius 2 is 2.11 bits per heavy atom. The van der Waals surface area contributed by atoms with Gasteiger partial charge in [0, 0.05) is 51.0 Å². The number of Topliss-reactive ketones (excluding diaryl/α,β-unsaturated/α-hetero) is 1. The van der Waals surface area contributed by atoms with Crippen LogP contribution in [0.2, 0.25) is 0 Å². The number of piperidine rings is 1. The molecule has 2 fully saturated rings. The van der Waals surface area contributed by atoms with Gasteiger partial charge in [-0.3, -0.25) is 4.79 Å². The first-order valence-corrected chi connectivity index (χ1v) is 9.93. The van der Waals surface area contributed by atoms with Crippen molar-refractivity contribution in [3.63, 3.8) is 0 Å². The maximum atomic E-state index is 13.6. The second-order valence-corrected chi connectivity index (χ2v) is 8.80. The summed E-state index contributed by atoms with van der Waals surface area (Å²) in [4.78, 5) is 17.9. The average molecular weight is 384 g/mol. The molecule has 1 spiro atoms. The SMILES string of the molecule is COc1ccc2c3c1O[C@H]1C(=O)C(=CN(C)C)CC4(OC)[C@@H](C2)N(C)CC[C@]314. The van der Waals surface area contributed by atoms with Gasteiger partial charge in [0.25, 0.3) is 0 Å². The summed E-state index contributed by atoms with van der Waals surface area (Å²) in [5.74, 6) is 1.53. The minimum absolute atomic E-state index is 0.0794. The molecule has 1 unspecified atom stereocenters. The molecule has 4 aliphatic rings. The van der Waals surface area contributed by atoms with Crippen molar-refractivity contribution in [1.82, 2.24) is 9.80 Å². The number of hydrogen-bond acceptors (Lipinski definition) is 6. The first-order valence-electron chi connectivity index (χ1n) is 9.93. The summed E-state index contributed by atoms with van der Waals surface area (Å²) in [5, 5.41) is 0. The standard InChI is InChI=1S/C22H28N2O4/c1-23(2)12-14-11-22(27-5)16-10-13-6-7-15(26-4)19-17(13)21(22,8-9-24(16)3)20(28-19)18(14)25/h6-7,12,16,20H,8-11H2,1-5H3/t16-,20+,21+,22?/m1/s1. The molecule has 0 amide bonds. The van der Waals surface area contributed by atoms with Gasteiger partial charge in [0.15, 0.2) is 17.6 Å². The third kappa shape index (κ3) is 1.88. The molecule has 6 heteroatoms. The molecule has 2 aliphatic heterocycles. The minimum Gasteiger partial charge on any atom is -0.493 e. The monoisotopic (exact) mass is 384 g/mol. The molecule has 4 atom stereocenters. The van der Waals surface area contributed by atoms with Crippen molar-refractivity contribution < 1.29 is 19.0 Å². The predicted molar refractivity (Wildman–Crippen MR) is 105 cm³/mol. The van der Waals surface area contributed by atoms with E-state index in [1.54, 1.807) is 14.2 Å². The fraction of sp³-hybridized carbons (Fsp3) is 0.591. The first kappa shape index (κ1) is 18.0. The van der Waals surface area contributed by atoms with Crippen LogP contribution in [0.5, 0.6) is 11.5 Å². The molecule has 1 saturated carbocycles. The zero-order valence-electron chi connectivity index (χ0n) is 17.2. The van der Waals surface area contributed by atoms with E-state index in [-0.39, 0.29) is 11.8 Å². The topological polar surface area (TPSA) is 51.2 Å². The number of nitrogens with zero attached hydrogens (tertiary/aromatic N) is 2. The lowest BCUT2D eigenvalue weighted by Crippen LogP contribution is -2.77. The van der Waals surface area contributed by atoms with E-state index in [9.17, 15) is 4.79 Å². The van der Waals surface area contributed by atoms with Gasteiger partial charge in [-0.15, -0.1) is 0 Å². The van der Waals surface area contributed by atoms with Crippen LogP contribution in [0.15, 0.2) is 23.9 Å². The van der Waals surface area contributed by atoms with E-state index in [0.29, 0.717) is 12.2 Å². The fourth-order valence-corrected chi connectivity index (χ4v) is 6.39. The molecular formula is C22H28N2O4. The highest BCUT2D eigenvalue weighted by molar-refractivity contribution is 6.03. The number of ketones is 1. The van der Waals surface area contributed by atoms with Gasteiger partial charge >= 0.3 is 0 Å². The number of carbonyl (C=O) groups is 1. The molecule has 150 valence electrons. The lowest BCUT2D eigenvalue weighted by Gasteiger charge is -2.63. The zero-order chi connectivity index (χ0) is 19.8. The van der Waals surface area contributed by atoms with Crippen LogP contribution in [-0.2, 0) is 21.4 Å². The van der Waals surface area contributed by atoms with Gasteiger partial charge in [0.1, 0.15) is 5.60 Å². The number of likely N-dealkylation sites (N-methyl/N-ethyl adjacent to an activating group) is 1. The Hall–Kier alpha value is -2.05. The molecule has 2 bridgehead atoms. The van der Waals surface area contributed by atoms with E-state index in [1.165, 1.54) is 5.56 Å². The number of likely N-dealkylation sites (tertiary alicyclic amines) is 1. The largest absolute Gasteiger partial charge is 0.493 e. The summed E-state index contributed by atoms with van der Waals surface area (Å²) in [7, 11) is 9.53. The molecule has 2 heterocycles. The van der Waals surface area contributed by atoms with Crippen molar-refractivity contribution in [1.29, 1.82) is 0 Å². The van der Waals surface area contributed by atoms with E-state index >= 15 is 0 Å². The number of hydrogen-bond donors (Lipinski definition) is 0. The van der Waals surface area contributed by atoms with Crippen molar-refractivity contribution in [2.75, 3.05) is 41.9 Å². The Labute approximate surface area is 166 Å². The molecule has 1 aromatic carbocycles. The van der Waals surface area contributed by atoms with Crippen molar-refractivity contribution in [3.8, 4) is 11.5 Å². The maximum Gasteiger partial charge on any atom is 0.201 e. The van der Waals surface area contributed by atoms with Gasteiger partial charge in [-0.1, -0.05) is 6.07 Å². The summed E-state index contributed by atoms with van der Waals surface area (Å²) < 4.78 is 18.5. The molecule has 0 radical (unpaired) electrons. The van der Waals surface area contributed by atoms with Crippen LogP contribution < -0.4 is 9.47 Å². The average Bonchev–Trinajstić information content (AvgIpc) is 3.02. The van der Waals surface area contributed by atoms with E-state index in [4.69, 9.17) is 14.2 Å².